The molecular formula is C14H23FN2O3. The quantitative estimate of drug-likeness (QED) is 0.605. The van der Waals surface area contributed by atoms with Crippen molar-refractivity contribution in [2.24, 2.45) is 0 Å². The maximum atomic E-state index is 13.6. The number of ether oxygens (including phenoxy) is 2. The van der Waals surface area contributed by atoms with E-state index < -0.39 is 11.9 Å². The van der Waals surface area contributed by atoms with E-state index in [9.17, 15) is 9.50 Å². The first-order valence-corrected chi connectivity index (χ1v) is 6.71. The first-order chi connectivity index (χ1) is 9.58. The van der Waals surface area contributed by atoms with Gasteiger partial charge in [-0.15, -0.1) is 0 Å². The smallest absolute Gasteiger partial charge is 0.167 e. The number of nitrogens with one attached hydrogen (secondary N) is 1. The molecule has 1 unspecified atom stereocenters. The summed E-state index contributed by atoms with van der Waals surface area (Å²) in [7, 11) is 1.53. The summed E-state index contributed by atoms with van der Waals surface area (Å²) in [6.45, 7) is 3.19. The molecule has 4 N–H and O–H groups in total. The maximum absolute atomic E-state index is 13.6. The fraction of sp³-hybridized carbons (Fsp3) is 0.571. The second kappa shape index (κ2) is 8.60. The molecule has 0 aliphatic rings. The van der Waals surface area contributed by atoms with E-state index in [1.165, 1.54) is 13.2 Å². The Morgan fingerprint density at radius 1 is 1.45 bits per heavy atom. The first kappa shape index (κ1) is 16.5. The van der Waals surface area contributed by atoms with E-state index in [4.69, 9.17) is 15.2 Å². The molecule has 0 aliphatic heterocycles. The van der Waals surface area contributed by atoms with E-state index in [1.54, 1.807) is 6.07 Å². The number of hydrogen-bond acceptors (Lipinski definition) is 5. The lowest BCUT2D eigenvalue weighted by Gasteiger charge is -2.14. The predicted octanol–water partition coefficient (Wildman–Crippen LogP) is 2.01. The number of nitrogens with two attached hydrogens (primary N) is 1. The Morgan fingerprint density at radius 3 is 2.85 bits per heavy atom. The van der Waals surface area contributed by atoms with Gasteiger partial charge in [0.15, 0.2) is 11.6 Å². The summed E-state index contributed by atoms with van der Waals surface area (Å²) in [5.41, 5.74) is 6.66. The van der Waals surface area contributed by atoms with Crippen LogP contribution >= 0.6 is 0 Å². The lowest BCUT2D eigenvalue weighted by molar-refractivity contribution is 0.0615. The summed E-state index contributed by atoms with van der Waals surface area (Å²) in [6.07, 6.45) is 0.774. The maximum Gasteiger partial charge on any atom is 0.167 e. The van der Waals surface area contributed by atoms with Gasteiger partial charge in [0.05, 0.1) is 30.7 Å². The topological polar surface area (TPSA) is 76.7 Å². The SMILES string of the molecule is CCCOc1cc(NCCC(O)COC)c(N)cc1F. The Morgan fingerprint density at radius 2 is 2.20 bits per heavy atom. The molecule has 114 valence electrons. The number of hydrogen-bond donors (Lipinski definition) is 3. The standard InChI is InChI=1S/C14H23FN2O3/c1-3-6-20-14-8-13(12(16)7-11(14)15)17-5-4-10(18)9-19-2/h7-8,10,17-18H,3-6,9,16H2,1-2H3. The van der Waals surface area contributed by atoms with Crippen LogP contribution in [0, 0.1) is 5.82 Å². The fourth-order valence-corrected chi connectivity index (χ4v) is 1.69. The van der Waals surface area contributed by atoms with Crippen LogP contribution in [0.4, 0.5) is 15.8 Å². The summed E-state index contributed by atoms with van der Waals surface area (Å²) in [5, 5.41) is 12.6. The van der Waals surface area contributed by atoms with Crippen LogP contribution < -0.4 is 15.8 Å². The highest BCUT2D eigenvalue weighted by molar-refractivity contribution is 5.68. The molecule has 0 heterocycles. The Hall–Kier alpha value is -1.53. The highest BCUT2D eigenvalue weighted by Gasteiger charge is 2.10. The molecule has 0 bridgehead atoms. The van der Waals surface area contributed by atoms with Gasteiger partial charge in [0, 0.05) is 25.8 Å². The molecule has 0 saturated carbocycles. The van der Waals surface area contributed by atoms with Crippen LogP contribution in [-0.4, -0.2) is 38.1 Å². The number of benzene rings is 1. The normalized spacial score (nSPS) is 12.2. The number of rotatable bonds is 9. The fourth-order valence-electron chi connectivity index (χ4n) is 1.69. The van der Waals surface area contributed by atoms with Crippen molar-refractivity contribution in [1.29, 1.82) is 0 Å². The average Bonchev–Trinajstić information content (AvgIpc) is 2.40. The Kier molecular flexibility index (Phi) is 7.11. The van der Waals surface area contributed by atoms with E-state index in [1.807, 2.05) is 6.92 Å². The van der Waals surface area contributed by atoms with Gasteiger partial charge in [-0.3, -0.25) is 0 Å². The van der Waals surface area contributed by atoms with Gasteiger partial charge in [0.25, 0.3) is 0 Å². The Balaban J connectivity index is 2.60. The van der Waals surface area contributed by atoms with Gasteiger partial charge in [-0.25, -0.2) is 4.39 Å². The van der Waals surface area contributed by atoms with Crippen molar-refractivity contribution < 1.29 is 19.0 Å². The van der Waals surface area contributed by atoms with E-state index in [-0.39, 0.29) is 12.4 Å². The van der Waals surface area contributed by atoms with Gasteiger partial charge in [0.1, 0.15) is 0 Å². The highest BCUT2D eigenvalue weighted by Crippen LogP contribution is 2.28. The summed E-state index contributed by atoms with van der Waals surface area (Å²) in [4.78, 5) is 0. The molecule has 1 aromatic carbocycles. The van der Waals surface area contributed by atoms with Gasteiger partial charge in [-0.2, -0.15) is 0 Å². The van der Waals surface area contributed by atoms with Crippen LogP contribution in [0.5, 0.6) is 5.75 Å². The molecule has 0 aromatic heterocycles. The summed E-state index contributed by atoms with van der Waals surface area (Å²) in [6, 6.07) is 2.78. The molecular weight excluding hydrogens is 263 g/mol. The third-order valence-corrected chi connectivity index (χ3v) is 2.72. The first-order valence-electron chi connectivity index (χ1n) is 6.71. The molecule has 0 radical (unpaired) electrons. The van der Waals surface area contributed by atoms with Crippen molar-refractivity contribution in [3.05, 3.63) is 17.9 Å². The molecule has 0 fully saturated rings. The highest BCUT2D eigenvalue weighted by atomic mass is 19.1. The van der Waals surface area contributed by atoms with Crippen molar-refractivity contribution in [2.75, 3.05) is 37.9 Å². The molecule has 1 aromatic rings. The van der Waals surface area contributed by atoms with Gasteiger partial charge >= 0.3 is 0 Å². The van der Waals surface area contributed by atoms with E-state index in [0.717, 1.165) is 6.42 Å². The van der Waals surface area contributed by atoms with Gasteiger partial charge < -0.3 is 25.6 Å². The van der Waals surface area contributed by atoms with Gasteiger partial charge in [0.2, 0.25) is 0 Å². The lowest BCUT2D eigenvalue weighted by atomic mass is 10.2. The van der Waals surface area contributed by atoms with Crippen molar-refractivity contribution >= 4 is 11.4 Å². The molecule has 1 rings (SSSR count). The molecule has 5 nitrogen and oxygen atoms in total. The predicted molar refractivity (Wildman–Crippen MR) is 77.6 cm³/mol. The minimum absolute atomic E-state index is 0.181. The summed E-state index contributed by atoms with van der Waals surface area (Å²) >= 11 is 0. The van der Waals surface area contributed by atoms with Crippen LogP contribution in [0.3, 0.4) is 0 Å². The minimum Gasteiger partial charge on any atom is -0.490 e. The molecule has 0 saturated heterocycles. The van der Waals surface area contributed by atoms with E-state index in [0.29, 0.717) is 30.9 Å². The van der Waals surface area contributed by atoms with Gasteiger partial charge in [-0.05, 0) is 12.8 Å². The van der Waals surface area contributed by atoms with Crippen LogP contribution in [0.15, 0.2) is 12.1 Å². The van der Waals surface area contributed by atoms with Crippen molar-refractivity contribution in [3.8, 4) is 5.75 Å². The Bertz CT molecular complexity index is 416. The third-order valence-electron chi connectivity index (χ3n) is 2.72. The zero-order valence-corrected chi connectivity index (χ0v) is 12.0. The van der Waals surface area contributed by atoms with Crippen molar-refractivity contribution in [3.63, 3.8) is 0 Å². The number of aliphatic hydroxyl groups excluding tert-OH is 1. The molecule has 20 heavy (non-hydrogen) atoms. The van der Waals surface area contributed by atoms with Crippen LogP contribution in [0.2, 0.25) is 0 Å². The molecule has 6 heteroatoms. The number of aliphatic hydroxyl groups is 1. The zero-order chi connectivity index (χ0) is 15.0. The summed E-state index contributed by atoms with van der Waals surface area (Å²) < 4.78 is 23.8. The van der Waals surface area contributed by atoms with Crippen LogP contribution in [0.25, 0.3) is 0 Å². The molecule has 0 aliphatic carbocycles. The molecule has 0 amide bonds. The lowest BCUT2D eigenvalue weighted by Crippen LogP contribution is -2.18. The monoisotopic (exact) mass is 286 g/mol. The second-order valence-corrected chi connectivity index (χ2v) is 4.54. The summed E-state index contributed by atoms with van der Waals surface area (Å²) in [5.74, 6) is -0.290. The Labute approximate surface area is 118 Å². The van der Waals surface area contributed by atoms with Gasteiger partial charge in [-0.1, -0.05) is 6.92 Å². The van der Waals surface area contributed by atoms with E-state index in [2.05, 4.69) is 5.32 Å². The average molecular weight is 286 g/mol. The number of methoxy groups -OCH3 is 1. The van der Waals surface area contributed by atoms with Crippen LogP contribution in [-0.2, 0) is 4.74 Å². The second-order valence-electron chi connectivity index (χ2n) is 4.54. The third kappa shape index (κ3) is 5.22. The zero-order valence-electron chi connectivity index (χ0n) is 12.0. The van der Waals surface area contributed by atoms with Crippen molar-refractivity contribution in [1.82, 2.24) is 0 Å². The number of anilines is 2. The molecule has 1 atom stereocenters. The number of halogens is 1. The largest absolute Gasteiger partial charge is 0.490 e. The van der Waals surface area contributed by atoms with Crippen LogP contribution in [0.1, 0.15) is 19.8 Å². The number of nitrogen functional groups attached to an aromatic ring is 1. The van der Waals surface area contributed by atoms with E-state index >= 15 is 0 Å². The van der Waals surface area contributed by atoms with Crippen molar-refractivity contribution in [2.45, 2.75) is 25.9 Å². The minimum atomic E-state index is -0.537. The molecule has 0 spiro atoms.